The third-order valence-electron chi connectivity index (χ3n) is 7.43. The van der Waals surface area contributed by atoms with Crippen LogP contribution in [-0.2, 0) is 29.2 Å². The Kier molecular flexibility index (Phi) is 7.48. The van der Waals surface area contributed by atoms with Crippen LogP contribution in [-0.4, -0.2) is 45.7 Å². The molecular formula is C28H32N4O6. The summed E-state index contributed by atoms with van der Waals surface area (Å²) in [4.78, 5) is 54.1. The van der Waals surface area contributed by atoms with E-state index in [2.05, 4.69) is 5.32 Å². The van der Waals surface area contributed by atoms with Crippen LogP contribution in [0.2, 0.25) is 0 Å². The van der Waals surface area contributed by atoms with Gasteiger partial charge in [0.05, 0.1) is 10.9 Å². The first-order valence-corrected chi connectivity index (χ1v) is 13.1. The molecule has 0 bridgehead atoms. The minimum atomic E-state index is -0.595. The fourth-order valence-electron chi connectivity index (χ4n) is 5.19. The maximum atomic E-state index is 13.4. The van der Waals surface area contributed by atoms with Gasteiger partial charge in [0.1, 0.15) is 6.54 Å². The molecule has 0 spiro atoms. The highest BCUT2D eigenvalue weighted by Gasteiger charge is 2.24. The number of hydrogen-bond acceptors (Lipinski definition) is 6. The van der Waals surface area contributed by atoms with Gasteiger partial charge in [0.2, 0.25) is 18.6 Å². The van der Waals surface area contributed by atoms with E-state index in [0.29, 0.717) is 22.4 Å². The molecule has 1 N–H and O–H groups in total. The number of fused-ring (bicyclic) bond motifs is 2. The Hall–Kier alpha value is -4.08. The summed E-state index contributed by atoms with van der Waals surface area (Å²) >= 11 is 0. The molecule has 1 fully saturated rings. The summed E-state index contributed by atoms with van der Waals surface area (Å²) in [5.74, 6) is 0.816. The van der Waals surface area contributed by atoms with E-state index >= 15 is 0 Å². The lowest BCUT2D eigenvalue weighted by Gasteiger charge is -2.31. The summed E-state index contributed by atoms with van der Waals surface area (Å²) in [5.41, 5.74) is 0.186. The Morgan fingerprint density at radius 1 is 1.00 bits per heavy atom. The largest absolute Gasteiger partial charge is 0.454 e. The van der Waals surface area contributed by atoms with Crippen molar-refractivity contribution in [2.24, 2.45) is 0 Å². The number of hydrogen-bond donors (Lipinski definition) is 1. The number of rotatable bonds is 8. The molecule has 10 nitrogen and oxygen atoms in total. The molecule has 2 heterocycles. The Morgan fingerprint density at radius 2 is 1.76 bits per heavy atom. The number of ether oxygens (including phenoxy) is 2. The zero-order valence-electron chi connectivity index (χ0n) is 21.5. The average Bonchev–Trinajstić information content (AvgIpc) is 3.42. The van der Waals surface area contributed by atoms with Crippen LogP contribution in [0.1, 0.15) is 44.1 Å². The normalized spacial score (nSPS) is 15.0. The number of likely N-dealkylation sites (N-methyl/N-ethyl adjacent to an activating group) is 1. The first-order chi connectivity index (χ1) is 18.4. The summed E-state index contributed by atoms with van der Waals surface area (Å²) in [6, 6.07) is 12.4. The molecule has 1 aliphatic carbocycles. The predicted molar refractivity (Wildman–Crippen MR) is 141 cm³/mol. The minimum absolute atomic E-state index is 0.0615. The lowest BCUT2D eigenvalue weighted by molar-refractivity contribution is -0.133. The number of carbonyl (C=O) groups is 2. The van der Waals surface area contributed by atoms with Gasteiger partial charge in [-0.05, 0) is 42.7 Å². The second-order valence-electron chi connectivity index (χ2n) is 9.85. The second kappa shape index (κ2) is 11.1. The quantitative estimate of drug-likeness (QED) is 0.488. The zero-order valence-corrected chi connectivity index (χ0v) is 21.5. The van der Waals surface area contributed by atoms with Gasteiger partial charge in [-0.3, -0.25) is 23.5 Å². The SMILES string of the molecule is CN(C(=O)Cn1c(=O)n(CCC(=O)NCc2ccc3c(c2)OCO3)c(=O)c2ccccc21)C1CCCCC1. The van der Waals surface area contributed by atoms with Gasteiger partial charge in [-0.25, -0.2) is 4.79 Å². The molecule has 200 valence electrons. The number of para-hydroxylation sites is 1. The smallest absolute Gasteiger partial charge is 0.331 e. The van der Waals surface area contributed by atoms with Gasteiger partial charge in [-0.2, -0.15) is 0 Å². The lowest BCUT2D eigenvalue weighted by atomic mass is 9.94. The van der Waals surface area contributed by atoms with Crippen LogP contribution in [0.3, 0.4) is 0 Å². The van der Waals surface area contributed by atoms with Crippen LogP contribution in [0.5, 0.6) is 11.5 Å². The highest BCUT2D eigenvalue weighted by atomic mass is 16.7. The molecule has 5 rings (SSSR count). The molecule has 0 saturated heterocycles. The van der Waals surface area contributed by atoms with Crippen molar-refractivity contribution in [3.05, 3.63) is 68.9 Å². The molecule has 2 aromatic carbocycles. The van der Waals surface area contributed by atoms with Crippen LogP contribution in [0.15, 0.2) is 52.1 Å². The van der Waals surface area contributed by atoms with Gasteiger partial charge < -0.3 is 19.7 Å². The van der Waals surface area contributed by atoms with E-state index < -0.39 is 11.2 Å². The van der Waals surface area contributed by atoms with Crippen LogP contribution >= 0.6 is 0 Å². The minimum Gasteiger partial charge on any atom is -0.454 e. The number of aromatic nitrogens is 2. The van der Waals surface area contributed by atoms with Crippen molar-refractivity contribution in [2.45, 2.75) is 64.2 Å². The highest BCUT2D eigenvalue weighted by molar-refractivity contribution is 5.82. The van der Waals surface area contributed by atoms with Gasteiger partial charge in [0.25, 0.3) is 5.56 Å². The number of amides is 2. The van der Waals surface area contributed by atoms with Gasteiger partial charge >= 0.3 is 5.69 Å². The number of benzene rings is 2. The first-order valence-electron chi connectivity index (χ1n) is 13.1. The monoisotopic (exact) mass is 520 g/mol. The van der Waals surface area contributed by atoms with E-state index in [4.69, 9.17) is 9.47 Å². The van der Waals surface area contributed by atoms with E-state index in [1.807, 2.05) is 6.07 Å². The summed E-state index contributed by atoms with van der Waals surface area (Å²) in [6.45, 7) is 0.186. The molecule has 0 radical (unpaired) electrons. The van der Waals surface area contributed by atoms with Crippen LogP contribution < -0.4 is 26.0 Å². The van der Waals surface area contributed by atoms with E-state index in [1.54, 1.807) is 48.3 Å². The molecule has 1 saturated carbocycles. The topological polar surface area (TPSA) is 112 Å². The Labute approximate surface area is 219 Å². The third-order valence-corrected chi connectivity index (χ3v) is 7.43. The standard InChI is InChI=1S/C28H32N4O6/c1-30(20-7-3-2-4-8-20)26(34)17-32-22-10-6-5-9-21(22)27(35)31(28(32)36)14-13-25(33)29-16-19-11-12-23-24(15-19)38-18-37-23/h5-6,9-12,15,20H,2-4,7-8,13-14,16-18H2,1H3,(H,29,33). The molecule has 3 aromatic rings. The summed E-state index contributed by atoms with van der Waals surface area (Å²) < 4.78 is 13.1. The molecule has 2 aliphatic rings. The van der Waals surface area contributed by atoms with Gasteiger partial charge in [-0.15, -0.1) is 0 Å². The van der Waals surface area contributed by atoms with Crippen LogP contribution in [0, 0.1) is 0 Å². The average molecular weight is 521 g/mol. The van der Waals surface area contributed by atoms with Gasteiger partial charge in [0, 0.05) is 32.6 Å². The van der Waals surface area contributed by atoms with Crippen molar-refractivity contribution in [1.82, 2.24) is 19.4 Å². The zero-order chi connectivity index (χ0) is 26.6. The second-order valence-corrected chi connectivity index (χ2v) is 9.85. The van der Waals surface area contributed by atoms with Crippen molar-refractivity contribution in [3.63, 3.8) is 0 Å². The third kappa shape index (κ3) is 5.29. The van der Waals surface area contributed by atoms with E-state index in [0.717, 1.165) is 35.8 Å². The van der Waals surface area contributed by atoms with Gasteiger partial charge in [-0.1, -0.05) is 37.5 Å². The molecule has 1 aromatic heterocycles. The lowest BCUT2D eigenvalue weighted by Crippen LogP contribution is -2.45. The molecule has 2 amide bonds. The summed E-state index contributed by atoms with van der Waals surface area (Å²) in [7, 11) is 1.78. The fraction of sp³-hybridized carbons (Fsp3) is 0.429. The maximum Gasteiger partial charge on any atom is 0.331 e. The van der Waals surface area contributed by atoms with Crippen molar-refractivity contribution in [3.8, 4) is 11.5 Å². The van der Waals surface area contributed by atoms with Crippen LogP contribution in [0.25, 0.3) is 10.9 Å². The van der Waals surface area contributed by atoms with E-state index in [9.17, 15) is 19.2 Å². The summed E-state index contributed by atoms with van der Waals surface area (Å²) in [6.07, 6.45) is 5.21. The highest BCUT2D eigenvalue weighted by Crippen LogP contribution is 2.32. The molecule has 0 atom stereocenters. The predicted octanol–water partition coefficient (Wildman–Crippen LogP) is 2.39. The van der Waals surface area contributed by atoms with Crippen molar-refractivity contribution >= 4 is 22.7 Å². The maximum absolute atomic E-state index is 13.4. The van der Waals surface area contributed by atoms with Crippen molar-refractivity contribution in [1.29, 1.82) is 0 Å². The van der Waals surface area contributed by atoms with E-state index in [-0.39, 0.29) is 50.7 Å². The van der Waals surface area contributed by atoms with Crippen molar-refractivity contribution in [2.75, 3.05) is 13.8 Å². The van der Waals surface area contributed by atoms with Gasteiger partial charge in [0.15, 0.2) is 11.5 Å². The number of nitrogens with one attached hydrogen (secondary N) is 1. The van der Waals surface area contributed by atoms with Crippen molar-refractivity contribution < 1.29 is 19.1 Å². The summed E-state index contributed by atoms with van der Waals surface area (Å²) in [5, 5.41) is 3.15. The Bertz CT molecular complexity index is 1470. The number of nitrogens with zero attached hydrogens (tertiary/aromatic N) is 3. The van der Waals surface area contributed by atoms with E-state index in [1.165, 1.54) is 11.0 Å². The molecular weight excluding hydrogens is 488 g/mol. The first kappa shape index (κ1) is 25.6. The Morgan fingerprint density at radius 3 is 2.58 bits per heavy atom. The van der Waals surface area contributed by atoms with Crippen LogP contribution in [0.4, 0.5) is 0 Å². The molecule has 0 unspecified atom stereocenters. The molecule has 38 heavy (non-hydrogen) atoms. The molecule has 1 aliphatic heterocycles. The fourth-order valence-corrected chi connectivity index (χ4v) is 5.19. The molecule has 10 heteroatoms. The number of carbonyl (C=O) groups excluding carboxylic acids is 2. The Balaban J connectivity index is 1.31.